The Morgan fingerprint density at radius 2 is 2.12 bits per heavy atom. The molecule has 0 aliphatic carbocycles. The molecule has 0 saturated carbocycles. The summed E-state index contributed by atoms with van der Waals surface area (Å²) in [5.74, 6) is 0.278. The molecule has 0 fully saturated rings. The molecule has 130 valence electrons. The zero-order chi connectivity index (χ0) is 18.0. The SMILES string of the molecule is COC(=O)C(N)Cc1c(-c2cccc(OC)c2)nc2ccc(Br)cn12. The normalized spacial score (nSPS) is 12.2. The summed E-state index contributed by atoms with van der Waals surface area (Å²) in [5.41, 5.74) is 9.26. The first-order valence-electron chi connectivity index (χ1n) is 7.68. The van der Waals surface area contributed by atoms with Crippen molar-refractivity contribution < 1.29 is 14.3 Å². The number of carbonyl (C=O) groups excluding carboxylic acids is 1. The third kappa shape index (κ3) is 3.52. The molecule has 2 heterocycles. The molecule has 0 saturated heterocycles. The summed E-state index contributed by atoms with van der Waals surface area (Å²) in [6, 6.07) is 10.7. The molecule has 7 heteroatoms. The van der Waals surface area contributed by atoms with Crippen LogP contribution in [0, 0.1) is 0 Å². The maximum Gasteiger partial charge on any atom is 0.323 e. The smallest absolute Gasteiger partial charge is 0.323 e. The van der Waals surface area contributed by atoms with Gasteiger partial charge in [-0.1, -0.05) is 12.1 Å². The molecular formula is C18H18BrN3O3. The van der Waals surface area contributed by atoms with Crippen LogP contribution in [0.4, 0.5) is 0 Å². The van der Waals surface area contributed by atoms with E-state index < -0.39 is 12.0 Å². The minimum Gasteiger partial charge on any atom is -0.497 e. The molecule has 0 amide bonds. The predicted octanol–water partition coefficient (Wildman–Crippen LogP) is 2.82. The average molecular weight is 404 g/mol. The lowest BCUT2D eigenvalue weighted by Gasteiger charge is -2.11. The maximum atomic E-state index is 11.8. The van der Waals surface area contributed by atoms with Gasteiger partial charge >= 0.3 is 5.97 Å². The van der Waals surface area contributed by atoms with Gasteiger partial charge in [0.15, 0.2) is 0 Å². The molecule has 1 unspecified atom stereocenters. The monoisotopic (exact) mass is 403 g/mol. The van der Waals surface area contributed by atoms with Crippen LogP contribution < -0.4 is 10.5 Å². The molecule has 2 aromatic heterocycles. The molecule has 6 nitrogen and oxygen atoms in total. The minimum atomic E-state index is -0.770. The van der Waals surface area contributed by atoms with Crippen LogP contribution in [-0.4, -0.2) is 35.6 Å². The van der Waals surface area contributed by atoms with Gasteiger partial charge in [0.2, 0.25) is 0 Å². The van der Waals surface area contributed by atoms with Crippen molar-refractivity contribution in [3.05, 3.63) is 52.8 Å². The summed E-state index contributed by atoms with van der Waals surface area (Å²) >= 11 is 3.47. The third-order valence-electron chi connectivity index (χ3n) is 3.94. The van der Waals surface area contributed by atoms with Gasteiger partial charge in [0, 0.05) is 22.7 Å². The van der Waals surface area contributed by atoms with Gasteiger partial charge in [-0.15, -0.1) is 0 Å². The number of methoxy groups -OCH3 is 2. The van der Waals surface area contributed by atoms with Crippen molar-refractivity contribution in [2.45, 2.75) is 12.5 Å². The van der Waals surface area contributed by atoms with E-state index in [-0.39, 0.29) is 0 Å². The Morgan fingerprint density at radius 1 is 1.32 bits per heavy atom. The molecule has 0 bridgehead atoms. The van der Waals surface area contributed by atoms with Gasteiger partial charge in [0.05, 0.1) is 25.6 Å². The summed E-state index contributed by atoms with van der Waals surface area (Å²) in [6.45, 7) is 0. The van der Waals surface area contributed by atoms with Crippen LogP contribution in [0.5, 0.6) is 5.75 Å². The number of aromatic nitrogens is 2. The number of ether oxygens (including phenoxy) is 2. The summed E-state index contributed by atoms with van der Waals surface area (Å²) in [6.07, 6.45) is 2.21. The van der Waals surface area contributed by atoms with Gasteiger partial charge in [-0.25, -0.2) is 4.98 Å². The highest BCUT2D eigenvalue weighted by molar-refractivity contribution is 9.10. The van der Waals surface area contributed by atoms with Crippen LogP contribution in [0.1, 0.15) is 5.69 Å². The van der Waals surface area contributed by atoms with E-state index in [1.165, 1.54) is 7.11 Å². The number of carbonyl (C=O) groups is 1. The minimum absolute atomic E-state index is 0.302. The maximum absolute atomic E-state index is 11.8. The Kier molecular flexibility index (Phi) is 5.06. The number of rotatable bonds is 5. The fraction of sp³-hybridized carbons (Fsp3) is 0.222. The molecule has 0 radical (unpaired) electrons. The molecule has 3 aromatic rings. The van der Waals surface area contributed by atoms with E-state index in [2.05, 4.69) is 15.9 Å². The second-order valence-corrected chi connectivity index (χ2v) is 6.46. The number of imidazole rings is 1. The first kappa shape index (κ1) is 17.4. The van der Waals surface area contributed by atoms with E-state index in [4.69, 9.17) is 20.2 Å². The molecule has 1 aromatic carbocycles. The summed E-state index contributed by atoms with van der Waals surface area (Å²) in [7, 11) is 2.95. The number of fused-ring (bicyclic) bond motifs is 1. The second kappa shape index (κ2) is 7.25. The fourth-order valence-electron chi connectivity index (χ4n) is 2.71. The lowest BCUT2D eigenvalue weighted by Crippen LogP contribution is -2.34. The zero-order valence-electron chi connectivity index (χ0n) is 13.9. The molecule has 0 aliphatic heterocycles. The summed E-state index contributed by atoms with van der Waals surface area (Å²) in [4.78, 5) is 16.5. The number of halogens is 1. The number of hydrogen-bond donors (Lipinski definition) is 1. The molecule has 3 rings (SSSR count). The lowest BCUT2D eigenvalue weighted by atomic mass is 10.1. The Morgan fingerprint density at radius 3 is 2.84 bits per heavy atom. The van der Waals surface area contributed by atoms with Crippen LogP contribution in [0.25, 0.3) is 16.9 Å². The van der Waals surface area contributed by atoms with Gasteiger partial charge in [-0.2, -0.15) is 0 Å². The van der Waals surface area contributed by atoms with Crippen molar-refractivity contribution in [1.82, 2.24) is 9.38 Å². The van der Waals surface area contributed by atoms with Crippen LogP contribution in [0.3, 0.4) is 0 Å². The number of nitrogens with zero attached hydrogens (tertiary/aromatic N) is 2. The number of esters is 1. The van der Waals surface area contributed by atoms with E-state index >= 15 is 0 Å². The largest absolute Gasteiger partial charge is 0.497 e. The highest BCUT2D eigenvalue weighted by Gasteiger charge is 2.21. The standard InChI is InChI=1S/C18H18BrN3O3/c1-24-13-5-3-4-11(8-13)17-15(9-14(20)18(23)25-2)22-10-12(19)6-7-16(22)21-17/h3-8,10,14H,9,20H2,1-2H3. The Bertz CT molecular complexity index is 923. The number of benzene rings is 1. The quantitative estimate of drug-likeness (QED) is 0.662. The molecule has 1 atom stereocenters. The fourth-order valence-corrected chi connectivity index (χ4v) is 3.04. The van der Waals surface area contributed by atoms with Gasteiger partial charge in [0.1, 0.15) is 17.4 Å². The number of hydrogen-bond acceptors (Lipinski definition) is 5. The van der Waals surface area contributed by atoms with E-state index in [9.17, 15) is 4.79 Å². The van der Waals surface area contributed by atoms with Crippen LogP contribution in [0.2, 0.25) is 0 Å². The van der Waals surface area contributed by atoms with Gasteiger partial charge in [-0.3, -0.25) is 4.79 Å². The van der Waals surface area contributed by atoms with Gasteiger partial charge < -0.3 is 19.6 Å². The summed E-state index contributed by atoms with van der Waals surface area (Å²) < 4.78 is 12.9. The van der Waals surface area contributed by atoms with Crippen molar-refractivity contribution in [3.8, 4) is 17.0 Å². The molecule has 25 heavy (non-hydrogen) atoms. The molecule has 0 spiro atoms. The summed E-state index contributed by atoms with van der Waals surface area (Å²) in [5, 5.41) is 0. The number of pyridine rings is 1. The Labute approximate surface area is 153 Å². The molecular weight excluding hydrogens is 386 g/mol. The van der Waals surface area contributed by atoms with Crippen molar-refractivity contribution in [1.29, 1.82) is 0 Å². The van der Waals surface area contributed by atoms with Crippen molar-refractivity contribution >= 4 is 27.5 Å². The molecule has 0 aliphatic rings. The second-order valence-electron chi connectivity index (χ2n) is 5.55. The predicted molar refractivity (Wildman–Crippen MR) is 98.6 cm³/mol. The topological polar surface area (TPSA) is 78.8 Å². The average Bonchev–Trinajstić information content (AvgIpc) is 2.98. The lowest BCUT2D eigenvalue weighted by molar-refractivity contribution is -0.142. The Hall–Kier alpha value is -2.38. The van der Waals surface area contributed by atoms with E-state index in [0.717, 1.165) is 32.8 Å². The molecule has 2 N–H and O–H groups in total. The first-order chi connectivity index (χ1) is 12.0. The Balaban J connectivity index is 2.16. The van der Waals surface area contributed by atoms with E-state index in [0.29, 0.717) is 6.42 Å². The highest BCUT2D eigenvalue weighted by Crippen LogP contribution is 2.29. The van der Waals surface area contributed by atoms with E-state index in [1.807, 2.05) is 47.0 Å². The van der Waals surface area contributed by atoms with Crippen molar-refractivity contribution in [2.75, 3.05) is 14.2 Å². The van der Waals surface area contributed by atoms with Crippen molar-refractivity contribution in [2.24, 2.45) is 5.73 Å². The van der Waals surface area contributed by atoms with Crippen LogP contribution in [-0.2, 0) is 16.0 Å². The van der Waals surface area contributed by atoms with Crippen molar-refractivity contribution in [3.63, 3.8) is 0 Å². The highest BCUT2D eigenvalue weighted by atomic mass is 79.9. The van der Waals surface area contributed by atoms with Crippen LogP contribution in [0.15, 0.2) is 47.1 Å². The zero-order valence-corrected chi connectivity index (χ0v) is 15.5. The van der Waals surface area contributed by atoms with E-state index in [1.54, 1.807) is 7.11 Å². The first-order valence-corrected chi connectivity index (χ1v) is 8.47. The third-order valence-corrected chi connectivity index (χ3v) is 4.41. The van der Waals surface area contributed by atoms with Gasteiger partial charge in [0.25, 0.3) is 0 Å². The van der Waals surface area contributed by atoms with Crippen LogP contribution >= 0.6 is 15.9 Å². The number of nitrogens with two attached hydrogens (primary N) is 1. The van der Waals surface area contributed by atoms with Gasteiger partial charge in [-0.05, 0) is 40.2 Å².